The predicted octanol–water partition coefficient (Wildman–Crippen LogP) is 4.03. The van der Waals surface area contributed by atoms with Crippen LogP contribution in [0.15, 0.2) is 42.5 Å². The fourth-order valence-electron chi connectivity index (χ4n) is 1.78. The number of nitrogen functional groups attached to an aromatic ring is 1. The van der Waals surface area contributed by atoms with Gasteiger partial charge in [0.1, 0.15) is 11.5 Å². The molecule has 0 spiro atoms. The van der Waals surface area contributed by atoms with Crippen molar-refractivity contribution in [2.45, 2.75) is 6.18 Å². The first-order chi connectivity index (χ1) is 10.8. The molecule has 120 valence electrons. The minimum absolute atomic E-state index is 0.182. The van der Waals surface area contributed by atoms with Crippen LogP contribution in [-0.2, 0) is 10.9 Å². The molecule has 0 bridgehead atoms. The van der Waals surface area contributed by atoms with Gasteiger partial charge in [0.05, 0.1) is 11.1 Å². The number of ether oxygens (including phenoxy) is 2. The summed E-state index contributed by atoms with van der Waals surface area (Å²) in [7, 11) is 0. The molecule has 8 heteroatoms. The smallest absolute Gasteiger partial charge is 0.416 e. The van der Waals surface area contributed by atoms with Gasteiger partial charge in [0.2, 0.25) is 5.90 Å². The van der Waals surface area contributed by atoms with Crippen molar-refractivity contribution in [1.82, 2.24) is 0 Å². The number of nitrogens with one attached hydrogen (secondary N) is 2. The molecule has 0 saturated heterocycles. The van der Waals surface area contributed by atoms with Gasteiger partial charge in [0.25, 0.3) is 0 Å². The van der Waals surface area contributed by atoms with Crippen molar-refractivity contribution >= 4 is 18.0 Å². The molecule has 0 radical (unpaired) electrons. The van der Waals surface area contributed by atoms with E-state index in [1.54, 1.807) is 0 Å². The minimum atomic E-state index is -4.40. The molecule has 2 aromatic carbocycles. The zero-order valence-electron chi connectivity index (χ0n) is 11.6. The molecule has 0 saturated carbocycles. The Hall–Kier alpha value is -3.03. The maximum atomic E-state index is 12.5. The second-order valence-corrected chi connectivity index (χ2v) is 4.44. The largest absolute Gasteiger partial charge is 0.457 e. The Balaban J connectivity index is 2.16. The lowest BCUT2D eigenvalue weighted by Gasteiger charge is -2.11. The number of hydrogen-bond donors (Lipinski definition) is 3. The first kappa shape index (κ1) is 16.3. The maximum Gasteiger partial charge on any atom is 0.416 e. The van der Waals surface area contributed by atoms with Crippen molar-refractivity contribution < 1.29 is 22.6 Å². The Morgan fingerprint density at radius 2 is 1.65 bits per heavy atom. The predicted molar refractivity (Wildman–Crippen MR) is 79.1 cm³/mol. The van der Waals surface area contributed by atoms with Gasteiger partial charge in [-0.25, -0.2) is 0 Å². The Bertz CT molecular complexity index is 728. The number of nitrogens with two attached hydrogens (primary N) is 1. The molecular weight excluding hydrogens is 311 g/mol. The van der Waals surface area contributed by atoms with Crippen LogP contribution >= 0.6 is 0 Å². The molecule has 5 nitrogen and oxygen atoms in total. The first-order valence-corrected chi connectivity index (χ1v) is 6.30. The number of anilines is 1. The summed E-state index contributed by atoms with van der Waals surface area (Å²) in [6, 6.07) is 8.60. The average molecular weight is 323 g/mol. The number of alkyl halides is 3. The van der Waals surface area contributed by atoms with E-state index < -0.39 is 11.7 Å². The number of halogens is 3. The molecule has 0 atom stereocenters. The summed E-state index contributed by atoms with van der Waals surface area (Å²) in [5.41, 5.74) is 5.45. The molecule has 0 aliphatic heterocycles. The highest BCUT2D eigenvalue weighted by molar-refractivity contribution is 6.00. The van der Waals surface area contributed by atoms with Crippen LogP contribution in [0.25, 0.3) is 0 Å². The maximum absolute atomic E-state index is 12.5. The summed E-state index contributed by atoms with van der Waals surface area (Å²) < 4.78 is 47.5. The van der Waals surface area contributed by atoms with Crippen molar-refractivity contribution in [2.75, 3.05) is 5.73 Å². The van der Waals surface area contributed by atoms with Crippen LogP contribution in [0.1, 0.15) is 11.1 Å². The summed E-state index contributed by atoms with van der Waals surface area (Å²) in [6.07, 6.45) is -3.80. The fraction of sp³-hybridized carbons (Fsp3) is 0.0667. The Labute approximate surface area is 129 Å². The Morgan fingerprint density at radius 3 is 2.17 bits per heavy atom. The zero-order chi connectivity index (χ0) is 17.0. The van der Waals surface area contributed by atoms with E-state index in [0.29, 0.717) is 12.2 Å². The van der Waals surface area contributed by atoms with Crippen molar-refractivity contribution in [3.05, 3.63) is 53.6 Å². The second-order valence-electron chi connectivity index (χ2n) is 4.44. The standard InChI is InChI=1S/C15H12F3N3O2/c16-15(17,18)9-1-3-10(4-2-9)23-11-5-6-12(13(20)7-11)14(21)22-8-19/h1-8,19,21H,20H2. The monoisotopic (exact) mass is 323 g/mol. The Morgan fingerprint density at radius 1 is 1.04 bits per heavy atom. The molecule has 0 amide bonds. The lowest BCUT2D eigenvalue weighted by Crippen LogP contribution is -2.07. The summed E-state index contributed by atoms with van der Waals surface area (Å²) in [6.45, 7) is 0. The van der Waals surface area contributed by atoms with Gasteiger partial charge < -0.3 is 15.2 Å². The molecule has 2 rings (SSSR count). The van der Waals surface area contributed by atoms with Crippen LogP contribution in [0.4, 0.5) is 18.9 Å². The quantitative estimate of drug-likeness (QED) is 0.450. The van der Waals surface area contributed by atoms with E-state index >= 15 is 0 Å². The molecule has 0 heterocycles. The highest BCUT2D eigenvalue weighted by Gasteiger charge is 2.30. The van der Waals surface area contributed by atoms with E-state index in [9.17, 15) is 13.2 Å². The average Bonchev–Trinajstić information content (AvgIpc) is 2.47. The van der Waals surface area contributed by atoms with Crippen LogP contribution < -0.4 is 10.5 Å². The van der Waals surface area contributed by atoms with Crippen molar-refractivity contribution in [3.63, 3.8) is 0 Å². The van der Waals surface area contributed by atoms with Crippen molar-refractivity contribution in [1.29, 1.82) is 10.8 Å². The van der Waals surface area contributed by atoms with Gasteiger partial charge in [-0.1, -0.05) is 0 Å². The van der Waals surface area contributed by atoms with Crippen LogP contribution in [0.3, 0.4) is 0 Å². The van der Waals surface area contributed by atoms with E-state index in [-0.39, 0.29) is 22.9 Å². The van der Waals surface area contributed by atoms with Crippen LogP contribution in [-0.4, -0.2) is 12.3 Å². The van der Waals surface area contributed by atoms with E-state index in [1.165, 1.54) is 30.3 Å². The number of benzene rings is 2. The lowest BCUT2D eigenvalue weighted by atomic mass is 10.1. The highest BCUT2D eigenvalue weighted by Crippen LogP contribution is 2.32. The van der Waals surface area contributed by atoms with Gasteiger partial charge in [0, 0.05) is 11.8 Å². The fourth-order valence-corrected chi connectivity index (χ4v) is 1.78. The van der Waals surface area contributed by atoms with Crippen molar-refractivity contribution in [3.8, 4) is 11.5 Å². The third-order valence-electron chi connectivity index (χ3n) is 2.86. The van der Waals surface area contributed by atoms with Gasteiger partial charge >= 0.3 is 6.18 Å². The van der Waals surface area contributed by atoms with Crippen LogP contribution in [0.5, 0.6) is 11.5 Å². The summed E-state index contributed by atoms with van der Waals surface area (Å²) in [5, 5.41) is 14.3. The topological polar surface area (TPSA) is 92.2 Å². The molecule has 0 aliphatic rings. The summed E-state index contributed by atoms with van der Waals surface area (Å²) in [5.74, 6) is 0.225. The molecule has 23 heavy (non-hydrogen) atoms. The minimum Gasteiger partial charge on any atom is -0.457 e. The van der Waals surface area contributed by atoms with Crippen LogP contribution in [0, 0.1) is 10.8 Å². The molecule has 2 aromatic rings. The molecule has 0 fully saturated rings. The normalized spacial score (nSPS) is 10.9. The van der Waals surface area contributed by atoms with E-state index in [4.69, 9.17) is 21.3 Å². The summed E-state index contributed by atoms with van der Waals surface area (Å²) in [4.78, 5) is 0. The molecular formula is C15H12F3N3O2. The van der Waals surface area contributed by atoms with Gasteiger partial charge in [-0.2, -0.15) is 13.2 Å². The Kier molecular flexibility index (Phi) is 4.54. The highest BCUT2D eigenvalue weighted by atomic mass is 19.4. The van der Waals surface area contributed by atoms with Gasteiger partial charge in [-0.3, -0.25) is 10.8 Å². The third kappa shape index (κ3) is 4.00. The molecule has 0 unspecified atom stereocenters. The molecule has 0 aliphatic carbocycles. The summed E-state index contributed by atoms with van der Waals surface area (Å²) >= 11 is 0. The first-order valence-electron chi connectivity index (χ1n) is 6.30. The second kappa shape index (κ2) is 6.39. The number of rotatable bonds is 4. The molecule has 4 N–H and O–H groups in total. The van der Waals surface area contributed by atoms with Gasteiger partial charge in [0.15, 0.2) is 6.40 Å². The van der Waals surface area contributed by atoms with Gasteiger partial charge in [-0.05, 0) is 36.4 Å². The zero-order valence-corrected chi connectivity index (χ0v) is 11.6. The van der Waals surface area contributed by atoms with Crippen LogP contribution in [0.2, 0.25) is 0 Å². The lowest BCUT2D eigenvalue weighted by molar-refractivity contribution is -0.137. The van der Waals surface area contributed by atoms with E-state index in [2.05, 4.69) is 4.74 Å². The SMILES string of the molecule is N=COC(=N)c1ccc(Oc2ccc(C(F)(F)F)cc2)cc1N. The van der Waals surface area contributed by atoms with E-state index in [0.717, 1.165) is 12.1 Å². The van der Waals surface area contributed by atoms with Crippen molar-refractivity contribution in [2.24, 2.45) is 0 Å². The molecule has 0 aromatic heterocycles. The van der Waals surface area contributed by atoms with Gasteiger partial charge in [-0.15, -0.1) is 0 Å². The number of hydrogen-bond acceptors (Lipinski definition) is 5. The van der Waals surface area contributed by atoms with E-state index in [1.807, 2.05) is 0 Å². The third-order valence-corrected chi connectivity index (χ3v) is 2.86.